The first-order chi connectivity index (χ1) is 8.99. The van der Waals surface area contributed by atoms with Crippen LogP contribution in [0.2, 0.25) is 0 Å². The molecule has 98 valence electrons. The van der Waals surface area contributed by atoms with Crippen LogP contribution in [-0.4, -0.2) is 5.91 Å². The van der Waals surface area contributed by atoms with Gasteiger partial charge in [-0.3, -0.25) is 4.79 Å². The Kier molecular flexibility index (Phi) is 3.52. The maximum Gasteiger partial charge on any atom is 0.275 e. The van der Waals surface area contributed by atoms with Crippen molar-refractivity contribution in [2.24, 2.45) is 5.84 Å². The van der Waals surface area contributed by atoms with Crippen molar-refractivity contribution in [2.75, 3.05) is 5.01 Å². The van der Waals surface area contributed by atoms with Crippen molar-refractivity contribution in [3.05, 3.63) is 65.5 Å². The second kappa shape index (κ2) is 5.11. The van der Waals surface area contributed by atoms with Crippen LogP contribution in [0.4, 0.5) is 18.9 Å². The Morgan fingerprint density at radius 2 is 1.58 bits per heavy atom. The monoisotopic (exact) mass is 266 g/mol. The normalized spacial score (nSPS) is 10.3. The predicted molar refractivity (Wildman–Crippen MR) is 63.8 cm³/mol. The number of amides is 1. The van der Waals surface area contributed by atoms with Crippen molar-refractivity contribution in [2.45, 2.75) is 0 Å². The molecule has 3 nitrogen and oxygen atoms in total. The van der Waals surface area contributed by atoms with Gasteiger partial charge >= 0.3 is 0 Å². The van der Waals surface area contributed by atoms with Crippen molar-refractivity contribution in [1.82, 2.24) is 0 Å². The van der Waals surface area contributed by atoms with Gasteiger partial charge in [0.1, 0.15) is 17.5 Å². The van der Waals surface area contributed by atoms with Crippen LogP contribution < -0.4 is 10.9 Å². The largest absolute Gasteiger partial charge is 0.275 e. The number of hydrazine groups is 1. The Morgan fingerprint density at radius 1 is 1.00 bits per heavy atom. The lowest BCUT2D eigenvalue weighted by atomic mass is 10.2. The summed E-state index contributed by atoms with van der Waals surface area (Å²) in [6.45, 7) is 0. The Hall–Kier alpha value is -2.34. The van der Waals surface area contributed by atoms with Crippen LogP contribution in [0.25, 0.3) is 0 Å². The fraction of sp³-hybridized carbons (Fsp3) is 0. The van der Waals surface area contributed by atoms with Gasteiger partial charge in [0.15, 0.2) is 0 Å². The Bertz CT molecular complexity index is 611. The van der Waals surface area contributed by atoms with E-state index in [4.69, 9.17) is 5.84 Å². The number of carbonyl (C=O) groups excluding carboxylic acids is 1. The summed E-state index contributed by atoms with van der Waals surface area (Å²) in [6.07, 6.45) is 0. The SMILES string of the molecule is NN(C(=O)c1ccccc1F)c1cc(F)cc(F)c1. The number of nitrogens with zero attached hydrogens (tertiary/aromatic N) is 1. The molecule has 2 aromatic carbocycles. The van der Waals surface area contributed by atoms with Crippen LogP contribution in [0.3, 0.4) is 0 Å². The Morgan fingerprint density at radius 3 is 2.16 bits per heavy atom. The van der Waals surface area contributed by atoms with E-state index in [0.717, 1.165) is 18.2 Å². The maximum atomic E-state index is 13.4. The van der Waals surface area contributed by atoms with E-state index in [9.17, 15) is 18.0 Å². The molecule has 1 amide bonds. The van der Waals surface area contributed by atoms with Gasteiger partial charge in [0.2, 0.25) is 0 Å². The number of carbonyl (C=O) groups is 1. The fourth-order valence-electron chi connectivity index (χ4n) is 1.56. The van der Waals surface area contributed by atoms with Gasteiger partial charge in [0.05, 0.1) is 11.3 Å². The topological polar surface area (TPSA) is 46.3 Å². The molecule has 0 atom stereocenters. The van der Waals surface area contributed by atoms with E-state index in [1.165, 1.54) is 18.2 Å². The Balaban J connectivity index is 2.36. The summed E-state index contributed by atoms with van der Waals surface area (Å²) in [5, 5.41) is 0.491. The summed E-state index contributed by atoms with van der Waals surface area (Å²) in [4.78, 5) is 11.9. The van der Waals surface area contributed by atoms with Gasteiger partial charge in [-0.1, -0.05) is 12.1 Å². The highest BCUT2D eigenvalue weighted by Crippen LogP contribution is 2.18. The van der Waals surface area contributed by atoms with E-state index in [-0.39, 0.29) is 11.3 Å². The molecule has 19 heavy (non-hydrogen) atoms. The standard InChI is InChI=1S/C13H9F3N2O/c14-8-5-9(15)7-10(6-8)18(17)13(19)11-3-1-2-4-12(11)16/h1-7H,17H2. The molecule has 2 N–H and O–H groups in total. The molecule has 0 aliphatic rings. The molecule has 0 aliphatic heterocycles. The first-order valence-electron chi connectivity index (χ1n) is 5.29. The number of benzene rings is 2. The molecule has 0 aromatic heterocycles. The van der Waals surface area contributed by atoms with E-state index in [0.29, 0.717) is 11.1 Å². The molecule has 0 spiro atoms. The van der Waals surface area contributed by atoms with E-state index >= 15 is 0 Å². The smallest absolute Gasteiger partial charge is 0.267 e. The summed E-state index contributed by atoms with van der Waals surface area (Å²) in [6, 6.07) is 7.58. The fourth-order valence-corrected chi connectivity index (χ4v) is 1.56. The molecular formula is C13H9F3N2O. The van der Waals surface area contributed by atoms with Gasteiger partial charge in [-0.25, -0.2) is 24.0 Å². The van der Waals surface area contributed by atoms with Crippen molar-refractivity contribution in [3.63, 3.8) is 0 Å². The number of nitrogens with two attached hydrogens (primary N) is 1. The third-order valence-corrected chi connectivity index (χ3v) is 2.45. The van der Waals surface area contributed by atoms with Crippen molar-refractivity contribution in [3.8, 4) is 0 Å². The summed E-state index contributed by atoms with van der Waals surface area (Å²) in [7, 11) is 0. The first kappa shape index (κ1) is 13.1. The first-order valence-corrected chi connectivity index (χ1v) is 5.29. The maximum absolute atomic E-state index is 13.4. The molecule has 0 heterocycles. The highest BCUT2D eigenvalue weighted by Gasteiger charge is 2.18. The minimum atomic E-state index is -0.900. The number of hydrogen-bond acceptors (Lipinski definition) is 2. The average Bonchev–Trinajstić information content (AvgIpc) is 2.36. The van der Waals surface area contributed by atoms with Crippen LogP contribution >= 0.6 is 0 Å². The summed E-state index contributed by atoms with van der Waals surface area (Å²) >= 11 is 0. The summed E-state index contributed by atoms with van der Waals surface area (Å²) in [5.41, 5.74) is -0.486. The lowest BCUT2D eigenvalue weighted by molar-refractivity contribution is 0.0983. The van der Waals surface area contributed by atoms with Crippen LogP contribution in [0.5, 0.6) is 0 Å². The van der Waals surface area contributed by atoms with Crippen LogP contribution in [-0.2, 0) is 0 Å². The van der Waals surface area contributed by atoms with Gasteiger partial charge in [0, 0.05) is 6.07 Å². The number of hydrogen-bond donors (Lipinski definition) is 1. The van der Waals surface area contributed by atoms with E-state index in [1.54, 1.807) is 0 Å². The van der Waals surface area contributed by atoms with E-state index in [1.807, 2.05) is 0 Å². The molecular weight excluding hydrogens is 257 g/mol. The van der Waals surface area contributed by atoms with Crippen molar-refractivity contribution >= 4 is 11.6 Å². The third-order valence-electron chi connectivity index (χ3n) is 2.45. The second-order valence-electron chi connectivity index (χ2n) is 3.78. The number of anilines is 1. The molecule has 0 saturated carbocycles. The van der Waals surface area contributed by atoms with Gasteiger partial charge in [-0.2, -0.15) is 0 Å². The molecule has 0 aliphatic carbocycles. The quantitative estimate of drug-likeness (QED) is 0.516. The van der Waals surface area contributed by atoms with E-state index < -0.39 is 23.4 Å². The minimum absolute atomic E-state index is 0.203. The molecule has 2 rings (SSSR count). The molecule has 0 radical (unpaired) electrons. The molecule has 2 aromatic rings. The third kappa shape index (κ3) is 2.74. The summed E-state index contributed by atoms with van der Waals surface area (Å²) in [5.74, 6) is 2.03. The lowest BCUT2D eigenvalue weighted by Gasteiger charge is -2.17. The molecule has 0 unspecified atom stereocenters. The number of rotatable bonds is 2. The van der Waals surface area contributed by atoms with Crippen LogP contribution in [0.1, 0.15) is 10.4 Å². The van der Waals surface area contributed by atoms with Crippen LogP contribution in [0, 0.1) is 17.5 Å². The van der Waals surface area contributed by atoms with Gasteiger partial charge in [-0.15, -0.1) is 0 Å². The lowest BCUT2D eigenvalue weighted by Crippen LogP contribution is -2.38. The van der Waals surface area contributed by atoms with Crippen LogP contribution in [0.15, 0.2) is 42.5 Å². The highest BCUT2D eigenvalue weighted by molar-refractivity contribution is 6.05. The molecule has 0 fully saturated rings. The molecule has 0 bridgehead atoms. The van der Waals surface area contributed by atoms with Gasteiger partial charge < -0.3 is 0 Å². The minimum Gasteiger partial charge on any atom is -0.267 e. The molecule has 6 heteroatoms. The second-order valence-corrected chi connectivity index (χ2v) is 3.78. The zero-order valence-electron chi connectivity index (χ0n) is 9.61. The Labute approximate surface area is 107 Å². The zero-order valence-corrected chi connectivity index (χ0v) is 9.61. The average molecular weight is 266 g/mol. The van der Waals surface area contributed by atoms with Gasteiger partial charge in [0.25, 0.3) is 5.91 Å². The summed E-state index contributed by atoms with van der Waals surface area (Å²) < 4.78 is 39.5. The molecule has 0 saturated heterocycles. The van der Waals surface area contributed by atoms with Crippen molar-refractivity contribution < 1.29 is 18.0 Å². The van der Waals surface area contributed by atoms with Gasteiger partial charge in [-0.05, 0) is 24.3 Å². The predicted octanol–water partition coefficient (Wildman–Crippen LogP) is 2.62. The van der Waals surface area contributed by atoms with Crippen molar-refractivity contribution in [1.29, 1.82) is 0 Å². The number of halogens is 3. The van der Waals surface area contributed by atoms with E-state index in [2.05, 4.69) is 0 Å². The zero-order chi connectivity index (χ0) is 14.0. The highest BCUT2D eigenvalue weighted by atomic mass is 19.1.